The third-order valence-corrected chi connectivity index (χ3v) is 4.41. The van der Waals surface area contributed by atoms with Crippen molar-refractivity contribution < 1.29 is 24.2 Å². The Morgan fingerprint density at radius 1 is 1.04 bits per heavy atom. The lowest BCUT2D eigenvalue weighted by Gasteiger charge is -2.21. The predicted molar refractivity (Wildman–Crippen MR) is 94.9 cm³/mol. The molecule has 1 N–H and O–H groups in total. The molecule has 0 saturated carbocycles. The molecule has 0 bridgehead atoms. The smallest absolute Gasteiger partial charge is 0.336 e. The number of para-hydroxylation sites is 1. The van der Waals surface area contributed by atoms with Gasteiger partial charge in [0.1, 0.15) is 6.54 Å². The summed E-state index contributed by atoms with van der Waals surface area (Å²) in [4.78, 5) is 37.3. The topological polar surface area (TPSA) is 83.9 Å². The molecule has 2 aromatic rings. The maximum Gasteiger partial charge on any atom is 0.336 e. The third-order valence-electron chi connectivity index (χ3n) is 3.35. The van der Waals surface area contributed by atoms with Crippen LogP contribution in [0.15, 0.2) is 59.5 Å². The fourth-order valence-electron chi connectivity index (χ4n) is 2.11. The molecule has 1 amide bonds. The van der Waals surface area contributed by atoms with Crippen LogP contribution in [0.1, 0.15) is 10.4 Å². The molecule has 0 saturated heterocycles. The van der Waals surface area contributed by atoms with Gasteiger partial charge in [-0.1, -0.05) is 30.3 Å². The first-order chi connectivity index (χ1) is 12.0. The Kier molecular flexibility index (Phi) is 6.59. The number of carbonyl (C=O) groups excluding carboxylic acids is 2. The van der Waals surface area contributed by atoms with Crippen molar-refractivity contribution in [1.82, 2.24) is 0 Å². The molecule has 0 heterocycles. The minimum atomic E-state index is -1.05. The standard InChI is InChI=1S/C18H17NO5S/c1-24-17(21)11-19(13-7-3-2-4-8-13)16(20)12-25-15-10-6-5-9-14(15)18(22)23/h2-10H,11-12H2,1H3,(H,22,23). The van der Waals surface area contributed by atoms with E-state index in [1.807, 2.05) is 6.07 Å². The molecule has 0 aliphatic heterocycles. The number of anilines is 1. The first-order valence-electron chi connectivity index (χ1n) is 7.40. The van der Waals surface area contributed by atoms with E-state index in [0.29, 0.717) is 10.6 Å². The second-order valence-corrected chi connectivity index (χ2v) is 6.00. The molecule has 2 aromatic carbocycles. The number of rotatable bonds is 7. The lowest BCUT2D eigenvalue weighted by molar-refractivity contribution is -0.139. The zero-order chi connectivity index (χ0) is 18.2. The van der Waals surface area contributed by atoms with E-state index >= 15 is 0 Å². The number of aromatic carboxylic acids is 1. The van der Waals surface area contributed by atoms with Gasteiger partial charge in [0.25, 0.3) is 0 Å². The summed E-state index contributed by atoms with van der Waals surface area (Å²) in [5.41, 5.74) is 0.713. The number of hydrogen-bond acceptors (Lipinski definition) is 5. The van der Waals surface area contributed by atoms with Crippen molar-refractivity contribution in [1.29, 1.82) is 0 Å². The predicted octanol–water partition coefficient (Wildman–Crippen LogP) is 2.68. The lowest BCUT2D eigenvalue weighted by atomic mass is 10.2. The van der Waals surface area contributed by atoms with Crippen molar-refractivity contribution in [3.05, 3.63) is 60.2 Å². The number of thioether (sulfide) groups is 1. The van der Waals surface area contributed by atoms with Gasteiger partial charge in [0, 0.05) is 10.6 Å². The highest BCUT2D eigenvalue weighted by Gasteiger charge is 2.20. The van der Waals surface area contributed by atoms with Crippen LogP contribution in [-0.2, 0) is 14.3 Å². The van der Waals surface area contributed by atoms with Gasteiger partial charge in [-0.3, -0.25) is 9.59 Å². The number of nitrogens with zero attached hydrogens (tertiary/aromatic N) is 1. The fourth-order valence-corrected chi connectivity index (χ4v) is 3.03. The highest BCUT2D eigenvalue weighted by atomic mass is 32.2. The van der Waals surface area contributed by atoms with Crippen LogP contribution in [0.2, 0.25) is 0 Å². The van der Waals surface area contributed by atoms with Crippen LogP contribution >= 0.6 is 11.8 Å². The number of carboxylic acid groups (broad SMARTS) is 1. The molecule has 0 atom stereocenters. The van der Waals surface area contributed by atoms with E-state index in [1.54, 1.807) is 42.5 Å². The summed E-state index contributed by atoms with van der Waals surface area (Å²) in [5.74, 6) is -1.91. The largest absolute Gasteiger partial charge is 0.478 e. The third kappa shape index (κ3) is 5.09. The van der Waals surface area contributed by atoms with Crippen LogP contribution in [0.4, 0.5) is 5.69 Å². The molecule has 0 spiro atoms. The number of carboxylic acids is 1. The summed E-state index contributed by atoms with van der Waals surface area (Å²) >= 11 is 1.12. The Morgan fingerprint density at radius 2 is 1.68 bits per heavy atom. The molecular weight excluding hydrogens is 342 g/mol. The zero-order valence-corrected chi connectivity index (χ0v) is 14.4. The van der Waals surface area contributed by atoms with Gasteiger partial charge < -0.3 is 14.7 Å². The highest BCUT2D eigenvalue weighted by molar-refractivity contribution is 8.00. The number of esters is 1. The molecule has 130 valence electrons. The minimum absolute atomic E-state index is 0.00379. The number of methoxy groups -OCH3 is 1. The summed E-state index contributed by atoms with van der Waals surface area (Å²) in [7, 11) is 1.26. The maximum atomic E-state index is 12.6. The Labute approximate surface area is 149 Å². The summed E-state index contributed by atoms with van der Waals surface area (Å²) in [6.45, 7) is -0.208. The van der Waals surface area contributed by atoms with E-state index in [2.05, 4.69) is 4.74 Å². The van der Waals surface area contributed by atoms with Gasteiger partial charge in [0.15, 0.2) is 0 Å². The van der Waals surface area contributed by atoms with Gasteiger partial charge in [-0.25, -0.2) is 4.79 Å². The van der Waals surface area contributed by atoms with Crippen LogP contribution in [0.5, 0.6) is 0 Å². The van der Waals surface area contributed by atoms with Crippen LogP contribution in [0.3, 0.4) is 0 Å². The zero-order valence-electron chi connectivity index (χ0n) is 13.5. The van der Waals surface area contributed by atoms with E-state index in [9.17, 15) is 19.5 Å². The Morgan fingerprint density at radius 3 is 2.32 bits per heavy atom. The van der Waals surface area contributed by atoms with E-state index in [1.165, 1.54) is 18.1 Å². The van der Waals surface area contributed by atoms with Crippen molar-refractivity contribution in [2.24, 2.45) is 0 Å². The minimum Gasteiger partial charge on any atom is -0.478 e. The molecule has 0 fully saturated rings. The number of amides is 1. The van der Waals surface area contributed by atoms with Crippen LogP contribution in [0, 0.1) is 0 Å². The molecule has 0 aliphatic carbocycles. The molecule has 6 nitrogen and oxygen atoms in total. The van der Waals surface area contributed by atoms with Gasteiger partial charge in [-0.2, -0.15) is 0 Å². The van der Waals surface area contributed by atoms with E-state index in [-0.39, 0.29) is 23.8 Å². The first kappa shape index (κ1) is 18.5. The molecule has 2 rings (SSSR count). The number of carbonyl (C=O) groups is 3. The molecule has 0 aromatic heterocycles. The molecule has 0 radical (unpaired) electrons. The fraction of sp³-hybridized carbons (Fsp3) is 0.167. The molecule has 0 unspecified atom stereocenters. The van der Waals surface area contributed by atoms with Gasteiger partial charge in [-0.05, 0) is 24.3 Å². The summed E-state index contributed by atoms with van der Waals surface area (Å²) in [6.07, 6.45) is 0. The van der Waals surface area contributed by atoms with Gasteiger partial charge in [0.05, 0.1) is 18.4 Å². The Bertz CT molecular complexity index is 763. The number of ether oxygens (including phenoxy) is 1. The molecule has 25 heavy (non-hydrogen) atoms. The van der Waals surface area contributed by atoms with Crippen molar-refractivity contribution >= 4 is 35.3 Å². The van der Waals surface area contributed by atoms with Gasteiger partial charge >= 0.3 is 11.9 Å². The second kappa shape index (κ2) is 8.89. The number of benzene rings is 2. The average molecular weight is 359 g/mol. The normalized spacial score (nSPS) is 10.1. The second-order valence-electron chi connectivity index (χ2n) is 4.98. The Balaban J connectivity index is 2.15. The molecule has 0 aliphatic rings. The SMILES string of the molecule is COC(=O)CN(C(=O)CSc1ccccc1C(=O)O)c1ccccc1. The van der Waals surface area contributed by atoms with Crippen LogP contribution in [-0.4, -0.2) is 42.4 Å². The average Bonchev–Trinajstić information content (AvgIpc) is 2.64. The molecular formula is C18H17NO5S. The van der Waals surface area contributed by atoms with E-state index in [0.717, 1.165) is 11.8 Å². The summed E-state index contributed by atoms with van der Waals surface area (Å²) in [6, 6.07) is 15.2. The van der Waals surface area contributed by atoms with E-state index in [4.69, 9.17) is 0 Å². The summed E-state index contributed by atoms with van der Waals surface area (Å²) < 4.78 is 4.65. The number of hydrogen-bond donors (Lipinski definition) is 1. The van der Waals surface area contributed by atoms with Gasteiger partial charge in [-0.15, -0.1) is 11.8 Å². The lowest BCUT2D eigenvalue weighted by Crippen LogP contribution is -2.37. The van der Waals surface area contributed by atoms with Crippen molar-refractivity contribution in [3.8, 4) is 0 Å². The Hall–Kier alpha value is -2.80. The van der Waals surface area contributed by atoms with E-state index < -0.39 is 11.9 Å². The van der Waals surface area contributed by atoms with Gasteiger partial charge in [0.2, 0.25) is 5.91 Å². The van der Waals surface area contributed by atoms with Crippen LogP contribution < -0.4 is 4.90 Å². The molecule has 7 heteroatoms. The van der Waals surface area contributed by atoms with Crippen molar-refractivity contribution in [2.45, 2.75) is 4.90 Å². The quantitative estimate of drug-likeness (QED) is 0.604. The monoisotopic (exact) mass is 359 g/mol. The van der Waals surface area contributed by atoms with Crippen LogP contribution in [0.25, 0.3) is 0 Å². The van der Waals surface area contributed by atoms with Crippen molar-refractivity contribution in [2.75, 3.05) is 24.3 Å². The summed E-state index contributed by atoms with van der Waals surface area (Å²) in [5, 5.41) is 9.20. The van der Waals surface area contributed by atoms with Crippen molar-refractivity contribution in [3.63, 3.8) is 0 Å². The highest BCUT2D eigenvalue weighted by Crippen LogP contribution is 2.24. The maximum absolute atomic E-state index is 12.6. The first-order valence-corrected chi connectivity index (χ1v) is 8.39.